The predicted molar refractivity (Wildman–Crippen MR) is 86.0 cm³/mol. The second-order valence-corrected chi connectivity index (χ2v) is 7.00. The summed E-state index contributed by atoms with van der Waals surface area (Å²) in [6.45, 7) is 1.91. The monoisotopic (exact) mass is 327 g/mol. The molecule has 0 saturated heterocycles. The molecule has 20 heavy (non-hydrogen) atoms. The summed E-state index contributed by atoms with van der Waals surface area (Å²) in [7, 11) is 0. The molecule has 0 radical (unpaired) electrons. The van der Waals surface area contributed by atoms with E-state index in [-0.39, 0.29) is 5.91 Å². The van der Waals surface area contributed by atoms with Crippen LogP contribution in [-0.2, 0) is 0 Å². The number of nitrogen functional groups attached to an aromatic ring is 1. The lowest BCUT2D eigenvalue weighted by Gasteiger charge is -2.05. The zero-order chi connectivity index (χ0) is 14.4. The van der Waals surface area contributed by atoms with Gasteiger partial charge in [-0.3, -0.25) is 4.79 Å². The SMILES string of the molecule is CSc1nc2sc(C(=O)NC3CC3)c(N)c2c(C)c1Cl. The zero-order valence-electron chi connectivity index (χ0n) is 11.1. The number of carbonyl (C=O) groups excluding carboxylic acids is 1. The smallest absolute Gasteiger partial charge is 0.263 e. The largest absolute Gasteiger partial charge is 0.397 e. The van der Waals surface area contributed by atoms with E-state index in [0.717, 1.165) is 33.6 Å². The molecule has 0 aliphatic heterocycles. The van der Waals surface area contributed by atoms with Crippen LogP contribution in [0.25, 0.3) is 10.2 Å². The predicted octanol–water partition coefficient (Wildman–Crippen LogP) is 3.45. The van der Waals surface area contributed by atoms with Gasteiger partial charge in [-0.2, -0.15) is 0 Å². The average molecular weight is 328 g/mol. The first kappa shape index (κ1) is 14.0. The number of hydrogen-bond acceptors (Lipinski definition) is 5. The third-order valence-corrected chi connectivity index (χ3v) is 5.69. The Balaban J connectivity index is 2.13. The number of aryl methyl sites for hydroxylation is 1. The van der Waals surface area contributed by atoms with Crippen molar-refractivity contribution in [2.45, 2.75) is 30.8 Å². The summed E-state index contributed by atoms with van der Waals surface area (Å²) in [6.07, 6.45) is 4.03. The lowest BCUT2D eigenvalue weighted by atomic mass is 10.1. The fourth-order valence-corrected chi connectivity index (χ4v) is 4.07. The fraction of sp³-hybridized carbons (Fsp3) is 0.385. The van der Waals surface area contributed by atoms with Gasteiger partial charge in [-0.1, -0.05) is 11.6 Å². The van der Waals surface area contributed by atoms with Gasteiger partial charge in [0.2, 0.25) is 0 Å². The summed E-state index contributed by atoms with van der Waals surface area (Å²) in [4.78, 5) is 18.0. The van der Waals surface area contributed by atoms with Gasteiger partial charge >= 0.3 is 0 Å². The quantitative estimate of drug-likeness (QED) is 0.847. The highest BCUT2D eigenvalue weighted by molar-refractivity contribution is 7.98. The Bertz CT molecular complexity index is 709. The first-order valence-corrected chi connectivity index (χ1v) is 8.67. The van der Waals surface area contributed by atoms with Gasteiger partial charge in [0, 0.05) is 11.4 Å². The van der Waals surface area contributed by atoms with E-state index < -0.39 is 0 Å². The second-order valence-electron chi connectivity index (χ2n) is 4.83. The number of nitrogens with one attached hydrogen (secondary N) is 1. The van der Waals surface area contributed by atoms with E-state index in [1.165, 1.54) is 23.1 Å². The zero-order valence-corrected chi connectivity index (χ0v) is 13.5. The van der Waals surface area contributed by atoms with Crippen molar-refractivity contribution in [2.24, 2.45) is 0 Å². The highest BCUT2D eigenvalue weighted by Crippen LogP contribution is 2.40. The summed E-state index contributed by atoms with van der Waals surface area (Å²) in [5.41, 5.74) is 7.52. The number of nitrogens with zero attached hydrogens (tertiary/aromatic N) is 1. The van der Waals surface area contributed by atoms with Crippen molar-refractivity contribution in [3.8, 4) is 0 Å². The van der Waals surface area contributed by atoms with Gasteiger partial charge in [0.25, 0.3) is 5.91 Å². The molecule has 2 aromatic heterocycles. The van der Waals surface area contributed by atoms with Gasteiger partial charge in [0.1, 0.15) is 14.7 Å². The van der Waals surface area contributed by atoms with E-state index in [1.807, 2.05) is 13.2 Å². The Hall–Kier alpha value is -0.980. The van der Waals surface area contributed by atoms with Crippen molar-refractivity contribution >= 4 is 56.5 Å². The number of carbonyl (C=O) groups is 1. The van der Waals surface area contributed by atoms with Crippen LogP contribution in [0.1, 0.15) is 28.1 Å². The molecule has 2 aromatic rings. The van der Waals surface area contributed by atoms with E-state index in [1.54, 1.807) is 0 Å². The van der Waals surface area contributed by atoms with E-state index in [4.69, 9.17) is 17.3 Å². The van der Waals surface area contributed by atoms with Crippen LogP contribution in [0.15, 0.2) is 5.03 Å². The molecular formula is C13H14ClN3OS2. The number of rotatable bonds is 3. The highest BCUT2D eigenvalue weighted by Gasteiger charge is 2.27. The molecule has 2 heterocycles. The van der Waals surface area contributed by atoms with Crippen LogP contribution in [0.2, 0.25) is 5.02 Å². The van der Waals surface area contributed by atoms with Crippen molar-refractivity contribution in [3.05, 3.63) is 15.5 Å². The van der Waals surface area contributed by atoms with Crippen molar-refractivity contribution in [2.75, 3.05) is 12.0 Å². The van der Waals surface area contributed by atoms with E-state index in [9.17, 15) is 4.79 Å². The van der Waals surface area contributed by atoms with Gasteiger partial charge in [-0.05, 0) is 31.6 Å². The summed E-state index contributed by atoms with van der Waals surface area (Å²) in [5, 5.41) is 5.15. The lowest BCUT2D eigenvalue weighted by Crippen LogP contribution is -2.25. The first-order valence-electron chi connectivity index (χ1n) is 6.25. The van der Waals surface area contributed by atoms with Gasteiger partial charge in [0.05, 0.1) is 10.7 Å². The Morgan fingerprint density at radius 2 is 2.25 bits per heavy atom. The van der Waals surface area contributed by atoms with Crippen molar-refractivity contribution in [1.82, 2.24) is 10.3 Å². The first-order chi connectivity index (χ1) is 9.52. The minimum absolute atomic E-state index is 0.103. The number of anilines is 1. The Morgan fingerprint density at radius 3 is 2.85 bits per heavy atom. The molecule has 0 atom stereocenters. The van der Waals surface area contributed by atoms with Crippen LogP contribution in [0.4, 0.5) is 5.69 Å². The van der Waals surface area contributed by atoms with Gasteiger partial charge < -0.3 is 11.1 Å². The van der Waals surface area contributed by atoms with Crippen LogP contribution in [0.3, 0.4) is 0 Å². The number of nitrogens with two attached hydrogens (primary N) is 1. The lowest BCUT2D eigenvalue weighted by molar-refractivity contribution is 0.0956. The molecule has 0 aromatic carbocycles. The van der Waals surface area contributed by atoms with Crippen molar-refractivity contribution in [3.63, 3.8) is 0 Å². The summed E-state index contributed by atoms with van der Waals surface area (Å²) >= 11 is 9.12. The Morgan fingerprint density at radius 1 is 1.55 bits per heavy atom. The van der Waals surface area contributed by atoms with E-state index in [2.05, 4.69) is 10.3 Å². The number of halogens is 1. The number of thiophene rings is 1. The van der Waals surface area contributed by atoms with Crippen molar-refractivity contribution < 1.29 is 4.79 Å². The molecule has 1 aliphatic rings. The molecule has 0 unspecified atom stereocenters. The van der Waals surface area contributed by atoms with Gasteiger partial charge in [0.15, 0.2) is 0 Å². The Labute approximate surface area is 130 Å². The number of thioether (sulfide) groups is 1. The maximum absolute atomic E-state index is 12.2. The molecule has 4 nitrogen and oxygen atoms in total. The summed E-state index contributed by atoms with van der Waals surface area (Å²) < 4.78 is 0. The maximum atomic E-state index is 12.2. The van der Waals surface area contributed by atoms with Gasteiger partial charge in [-0.25, -0.2) is 4.98 Å². The summed E-state index contributed by atoms with van der Waals surface area (Å²) in [6, 6.07) is 0.312. The standard InChI is InChI=1S/C13H14ClN3OS2/c1-5-7-9(15)10(11(18)16-6-3-4-6)20-12(7)17-13(19-2)8(5)14/h6H,3-4,15H2,1-2H3,(H,16,18). The van der Waals surface area contributed by atoms with Crippen LogP contribution in [0, 0.1) is 6.92 Å². The number of hydrogen-bond donors (Lipinski definition) is 2. The Kier molecular flexibility index (Phi) is 3.56. The van der Waals surface area contributed by atoms with Crippen LogP contribution < -0.4 is 11.1 Å². The normalized spacial score (nSPS) is 14.8. The molecule has 1 amide bonds. The molecule has 7 heteroatoms. The topological polar surface area (TPSA) is 68.0 Å². The third-order valence-electron chi connectivity index (χ3n) is 3.33. The van der Waals surface area contributed by atoms with Crippen LogP contribution in [0.5, 0.6) is 0 Å². The molecule has 1 aliphatic carbocycles. The van der Waals surface area contributed by atoms with Crippen LogP contribution >= 0.6 is 34.7 Å². The molecule has 3 N–H and O–H groups in total. The minimum atomic E-state index is -0.103. The fourth-order valence-electron chi connectivity index (χ4n) is 2.07. The molecule has 106 valence electrons. The molecule has 0 bridgehead atoms. The van der Waals surface area contributed by atoms with E-state index >= 15 is 0 Å². The molecule has 3 rings (SSSR count). The maximum Gasteiger partial charge on any atom is 0.263 e. The molecule has 0 spiro atoms. The molecule has 1 saturated carbocycles. The number of pyridine rings is 1. The number of aromatic nitrogens is 1. The van der Waals surface area contributed by atoms with Crippen LogP contribution in [-0.4, -0.2) is 23.2 Å². The number of fused-ring (bicyclic) bond motifs is 1. The minimum Gasteiger partial charge on any atom is -0.397 e. The molecule has 1 fully saturated rings. The van der Waals surface area contributed by atoms with Gasteiger partial charge in [-0.15, -0.1) is 23.1 Å². The molecular weight excluding hydrogens is 314 g/mol. The third kappa shape index (κ3) is 2.25. The highest BCUT2D eigenvalue weighted by atomic mass is 35.5. The van der Waals surface area contributed by atoms with Crippen molar-refractivity contribution in [1.29, 1.82) is 0 Å². The average Bonchev–Trinajstić information content (AvgIpc) is 3.16. The van der Waals surface area contributed by atoms with E-state index in [0.29, 0.717) is 21.6 Å². The summed E-state index contributed by atoms with van der Waals surface area (Å²) in [5.74, 6) is -0.103. The number of amides is 1. The second kappa shape index (κ2) is 5.09.